The maximum atomic E-state index is 12.1. The van der Waals surface area contributed by atoms with Gasteiger partial charge in [0.2, 0.25) is 0 Å². The summed E-state index contributed by atoms with van der Waals surface area (Å²) in [5, 5.41) is 2.54. The monoisotopic (exact) mass is 192 g/mol. The molecule has 0 saturated heterocycles. The van der Waals surface area contributed by atoms with Gasteiger partial charge in [-0.25, -0.2) is 0 Å². The van der Waals surface area contributed by atoms with Gasteiger partial charge in [0, 0.05) is 24.7 Å². The number of alkyl halides is 3. The van der Waals surface area contributed by atoms with Crippen LogP contribution in [0.3, 0.4) is 0 Å². The maximum Gasteiger partial charge on any atom is 0.414 e. The average molecular weight is 192 g/mol. The van der Waals surface area contributed by atoms with Crippen molar-refractivity contribution >= 4 is 5.84 Å². The molecule has 0 aromatic heterocycles. The fraction of sp³-hybridized carbons (Fsp3) is 0.625. The fourth-order valence-corrected chi connectivity index (χ4v) is 1.11. The lowest BCUT2D eigenvalue weighted by Crippen LogP contribution is -2.27. The van der Waals surface area contributed by atoms with E-state index in [-0.39, 0.29) is 6.42 Å². The van der Waals surface area contributed by atoms with Gasteiger partial charge in [0.15, 0.2) is 0 Å². The fourth-order valence-electron chi connectivity index (χ4n) is 1.11. The molecule has 1 heterocycles. The van der Waals surface area contributed by atoms with Crippen LogP contribution in [0.2, 0.25) is 0 Å². The molecule has 1 N–H and O–H groups in total. The predicted molar refractivity (Wildman–Crippen MR) is 44.5 cm³/mol. The standard InChI is InChI=1S/C8H11F3N2/c1-2-12-7-4-3-6(5-13-7)8(9,10)11/h5H,2-4H2,1H3,(H,12,13). The van der Waals surface area contributed by atoms with Gasteiger partial charge in [0.1, 0.15) is 5.84 Å². The Morgan fingerprint density at radius 2 is 2.15 bits per heavy atom. The third-order valence-electron chi connectivity index (χ3n) is 1.76. The molecule has 1 rings (SSSR count). The third-order valence-corrected chi connectivity index (χ3v) is 1.76. The van der Waals surface area contributed by atoms with Crippen molar-refractivity contribution in [1.29, 1.82) is 0 Å². The van der Waals surface area contributed by atoms with Gasteiger partial charge >= 0.3 is 6.18 Å². The Balaban J connectivity index is 2.63. The lowest BCUT2D eigenvalue weighted by molar-refractivity contribution is -0.0944. The number of nitrogens with zero attached hydrogens (tertiary/aromatic N) is 1. The Hall–Kier alpha value is -1.00. The summed E-state index contributed by atoms with van der Waals surface area (Å²) in [6.07, 6.45) is -2.84. The van der Waals surface area contributed by atoms with Crippen LogP contribution in [0.4, 0.5) is 13.2 Å². The maximum absolute atomic E-state index is 12.1. The highest BCUT2D eigenvalue weighted by Gasteiger charge is 2.34. The third kappa shape index (κ3) is 2.75. The first kappa shape index (κ1) is 10.1. The topological polar surface area (TPSA) is 24.4 Å². The first-order valence-electron chi connectivity index (χ1n) is 4.10. The van der Waals surface area contributed by atoms with Gasteiger partial charge in [-0.3, -0.25) is 4.99 Å². The largest absolute Gasteiger partial charge is 0.414 e. The van der Waals surface area contributed by atoms with Crippen LogP contribution in [0, 0.1) is 0 Å². The molecule has 74 valence electrons. The number of nitrogens with one attached hydrogen (secondary N) is 1. The van der Waals surface area contributed by atoms with Crippen molar-refractivity contribution in [2.75, 3.05) is 6.54 Å². The van der Waals surface area contributed by atoms with Crippen LogP contribution in [-0.4, -0.2) is 18.6 Å². The quantitative estimate of drug-likeness (QED) is 0.676. The number of rotatable bonds is 1. The molecule has 0 aliphatic carbocycles. The number of amidine groups is 1. The molecule has 0 saturated carbocycles. The molecule has 0 amide bonds. The van der Waals surface area contributed by atoms with E-state index < -0.39 is 11.7 Å². The molecule has 1 aliphatic heterocycles. The van der Waals surface area contributed by atoms with E-state index in [4.69, 9.17) is 0 Å². The zero-order valence-electron chi connectivity index (χ0n) is 7.28. The SMILES string of the molecule is CCN=C1CCC(C(F)(F)F)=CN1. The van der Waals surface area contributed by atoms with Crippen molar-refractivity contribution in [3.63, 3.8) is 0 Å². The van der Waals surface area contributed by atoms with Gasteiger partial charge in [-0.15, -0.1) is 0 Å². The normalized spacial score (nSPS) is 21.2. The molecule has 0 radical (unpaired) electrons. The molecule has 13 heavy (non-hydrogen) atoms. The lowest BCUT2D eigenvalue weighted by Gasteiger charge is -2.18. The molecule has 5 heteroatoms. The summed E-state index contributed by atoms with van der Waals surface area (Å²) in [5.41, 5.74) is -0.512. The minimum Gasteiger partial charge on any atom is -0.350 e. The Bertz CT molecular complexity index is 240. The van der Waals surface area contributed by atoms with Crippen LogP contribution in [0.25, 0.3) is 0 Å². The van der Waals surface area contributed by atoms with E-state index >= 15 is 0 Å². The van der Waals surface area contributed by atoms with Crippen molar-refractivity contribution in [3.05, 3.63) is 11.8 Å². The van der Waals surface area contributed by atoms with Crippen LogP contribution >= 0.6 is 0 Å². The second-order valence-corrected chi connectivity index (χ2v) is 2.73. The Labute approximate surface area is 74.5 Å². The summed E-state index contributed by atoms with van der Waals surface area (Å²) >= 11 is 0. The zero-order chi connectivity index (χ0) is 9.90. The summed E-state index contributed by atoms with van der Waals surface area (Å²) in [5.74, 6) is 0.635. The Morgan fingerprint density at radius 1 is 1.46 bits per heavy atom. The van der Waals surface area contributed by atoms with Crippen molar-refractivity contribution in [2.45, 2.75) is 25.9 Å². The molecule has 0 unspecified atom stereocenters. The number of allylic oxidation sites excluding steroid dienone is 1. The molecule has 2 nitrogen and oxygen atoms in total. The predicted octanol–water partition coefficient (Wildman–Crippen LogP) is 2.23. The number of hydrogen-bond donors (Lipinski definition) is 1. The average Bonchev–Trinajstić information content (AvgIpc) is 2.04. The van der Waals surface area contributed by atoms with Crippen molar-refractivity contribution in [3.8, 4) is 0 Å². The molecular formula is C8H11F3N2. The van der Waals surface area contributed by atoms with Crippen LogP contribution < -0.4 is 5.32 Å². The first-order chi connectivity index (χ1) is 6.04. The molecule has 1 aliphatic rings. The number of hydrogen-bond acceptors (Lipinski definition) is 1. The van der Waals surface area contributed by atoms with Crippen LogP contribution in [-0.2, 0) is 0 Å². The van der Waals surface area contributed by atoms with Gasteiger partial charge in [-0.1, -0.05) is 0 Å². The highest BCUT2D eigenvalue weighted by atomic mass is 19.4. The lowest BCUT2D eigenvalue weighted by atomic mass is 10.1. The van der Waals surface area contributed by atoms with E-state index in [9.17, 15) is 13.2 Å². The summed E-state index contributed by atoms with van der Waals surface area (Å²) < 4.78 is 36.3. The minimum atomic E-state index is -4.20. The first-order valence-corrected chi connectivity index (χ1v) is 4.10. The summed E-state index contributed by atoms with van der Waals surface area (Å²) in [7, 11) is 0. The van der Waals surface area contributed by atoms with E-state index in [2.05, 4.69) is 10.3 Å². The van der Waals surface area contributed by atoms with E-state index in [1.165, 1.54) is 0 Å². The number of halogens is 3. The van der Waals surface area contributed by atoms with Gasteiger partial charge in [-0.2, -0.15) is 13.2 Å². The minimum absolute atomic E-state index is 0.0231. The van der Waals surface area contributed by atoms with Crippen molar-refractivity contribution in [1.82, 2.24) is 5.32 Å². The summed E-state index contributed by atoms with van der Waals surface area (Å²) in [6, 6.07) is 0. The molecule has 0 atom stereocenters. The molecule has 0 fully saturated rings. The van der Waals surface area contributed by atoms with Gasteiger partial charge in [-0.05, 0) is 13.3 Å². The van der Waals surface area contributed by atoms with E-state index in [0.717, 1.165) is 6.20 Å². The Kier molecular flexibility index (Phi) is 2.95. The Morgan fingerprint density at radius 3 is 2.54 bits per heavy atom. The van der Waals surface area contributed by atoms with Crippen LogP contribution in [0.1, 0.15) is 19.8 Å². The second-order valence-electron chi connectivity index (χ2n) is 2.73. The van der Waals surface area contributed by atoms with Crippen molar-refractivity contribution < 1.29 is 13.2 Å². The van der Waals surface area contributed by atoms with Crippen molar-refractivity contribution in [2.24, 2.45) is 4.99 Å². The molecule has 0 aromatic rings. The summed E-state index contributed by atoms with van der Waals surface area (Å²) in [6.45, 7) is 2.44. The smallest absolute Gasteiger partial charge is 0.350 e. The molecule has 0 spiro atoms. The molecule has 0 aromatic carbocycles. The number of aliphatic imine (C=N–C) groups is 1. The van der Waals surface area contributed by atoms with Gasteiger partial charge in [0.05, 0.1) is 0 Å². The van der Waals surface area contributed by atoms with E-state index in [1.807, 2.05) is 6.92 Å². The van der Waals surface area contributed by atoms with Gasteiger partial charge in [0.25, 0.3) is 0 Å². The zero-order valence-corrected chi connectivity index (χ0v) is 7.28. The van der Waals surface area contributed by atoms with Gasteiger partial charge < -0.3 is 5.32 Å². The van der Waals surface area contributed by atoms with E-state index in [1.54, 1.807) is 0 Å². The van der Waals surface area contributed by atoms with Crippen LogP contribution in [0.5, 0.6) is 0 Å². The molecular weight excluding hydrogens is 181 g/mol. The highest BCUT2D eigenvalue weighted by molar-refractivity contribution is 5.84. The second kappa shape index (κ2) is 3.81. The highest BCUT2D eigenvalue weighted by Crippen LogP contribution is 2.29. The van der Waals surface area contributed by atoms with Crippen LogP contribution in [0.15, 0.2) is 16.8 Å². The van der Waals surface area contributed by atoms with E-state index in [0.29, 0.717) is 18.8 Å². The summed E-state index contributed by atoms with van der Waals surface area (Å²) in [4.78, 5) is 3.99. The molecule has 0 bridgehead atoms.